The van der Waals surface area contributed by atoms with E-state index >= 15 is 0 Å². The molecule has 2 aromatic carbocycles. The van der Waals surface area contributed by atoms with Gasteiger partial charge in [-0.25, -0.2) is 4.98 Å². The van der Waals surface area contributed by atoms with Gasteiger partial charge in [0.2, 0.25) is 5.95 Å². The second-order valence-electron chi connectivity index (χ2n) is 8.37. The van der Waals surface area contributed by atoms with Gasteiger partial charge in [-0.3, -0.25) is 4.79 Å². The Labute approximate surface area is 202 Å². The summed E-state index contributed by atoms with van der Waals surface area (Å²) in [5.41, 5.74) is 3.89. The molecule has 0 bridgehead atoms. The normalized spacial score (nSPS) is 13.9. The van der Waals surface area contributed by atoms with Gasteiger partial charge in [0.1, 0.15) is 11.4 Å². The van der Waals surface area contributed by atoms with Gasteiger partial charge in [-0.15, -0.1) is 0 Å². The van der Waals surface area contributed by atoms with Gasteiger partial charge in [-0.05, 0) is 42.7 Å². The Morgan fingerprint density at radius 1 is 1.14 bits per heavy atom. The van der Waals surface area contributed by atoms with Crippen molar-refractivity contribution < 1.29 is 14.4 Å². The van der Waals surface area contributed by atoms with Crippen LogP contribution in [-0.2, 0) is 6.42 Å². The van der Waals surface area contributed by atoms with Gasteiger partial charge in [0.15, 0.2) is 5.82 Å². The zero-order chi connectivity index (χ0) is 24.4. The monoisotopic (exact) mass is 471 g/mol. The fourth-order valence-corrected chi connectivity index (χ4v) is 4.01. The topological polar surface area (TPSA) is 129 Å². The van der Waals surface area contributed by atoms with Crippen LogP contribution in [0.5, 0.6) is 0 Å². The van der Waals surface area contributed by atoms with Crippen LogP contribution < -0.4 is 10.6 Å². The number of aliphatic hydroxyl groups is 1. The molecule has 2 aromatic heterocycles. The zero-order valence-corrected chi connectivity index (χ0v) is 19.4. The lowest BCUT2D eigenvalue weighted by Gasteiger charge is -2.25. The van der Waals surface area contributed by atoms with E-state index in [4.69, 9.17) is 4.52 Å². The Balaban J connectivity index is 1.47. The quantitative estimate of drug-likeness (QED) is 0.371. The smallest absolute Gasteiger partial charge is 0.263 e. The fraction of sp³-hybridized carbons (Fsp3) is 0.240. The molecule has 0 aliphatic carbocycles. The van der Waals surface area contributed by atoms with E-state index in [-0.39, 0.29) is 18.4 Å². The van der Waals surface area contributed by atoms with Crippen molar-refractivity contribution >= 4 is 23.4 Å². The molecular weight excluding hydrogens is 446 g/mol. The maximum Gasteiger partial charge on any atom is 0.263 e. The highest BCUT2D eigenvalue weighted by Gasteiger charge is 2.22. The van der Waals surface area contributed by atoms with E-state index in [2.05, 4.69) is 30.7 Å². The van der Waals surface area contributed by atoms with Crippen LogP contribution in [0.3, 0.4) is 0 Å². The third-order valence-corrected chi connectivity index (χ3v) is 5.90. The molecule has 0 fully saturated rings. The Hall–Kier alpha value is -4.31. The van der Waals surface area contributed by atoms with Crippen molar-refractivity contribution in [2.75, 3.05) is 30.8 Å². The highest BCUT2D eigenvalue weighted by Crippen LogP contribution is 2.30. The number of fused-ring (bicyclic) bond motifs is 1. The summed E-state index contributed by atoms with van der Waals surface area (Å²) in [7, 11) is 1.81. The number of benzene rings is 2. The lowest BCUT2D eigenvalue weighted by molar-refractivity contribution is 0.0781. The average Bonchev–Trinajstić information content (AvgIpc) is 3.31. The van der Waals surface area contributed by atoms with Crippen molar-refractivity contribution in [2.24, 2.45) is 0 Å². The Kier molecular flexibility index (Phi) is 6.11. The number of carbonyl (C=O) groups excluding carboxylic acids is 1. The maximum atomic E-state index is 12.4. The number of aromatic nitrogens is 4. The highest BCUT2D eigenvalue weighted by atomic mass is 16.5. The molecule has 1 aliphatic rings. The molecule has 0 saturated heterocycles. The van der Waals surface area contributed by atoms with Gasteiger partial charge in [-0.2, -0.15) is 9.97 Å². The summed E-state index contributed by atoms with van der Waals surface area (Å²) in [6, 6.07) is 14.8. The summed E-state index contributed by atoms with van der Waals surface area (Å²) in [4.78, 5) is 27.5. The number of rotatable bonds is 7. The van der Waals surface area contributed by atoms with Crippen LogP contribution in [0, 0.1) is 6.92 Å². The van der Waals surface area contributed by atoms with Gasteiger partial charge >= 0.3 is 0 Å². The molecule has 1 amide bonds. The summed E-state index contributed by atoms with van der Waals surface area (Å²) >= 11 is 0. The first-order valence-electron chi connectivity index (χ1n) is 11.3. The average molecular weight is 472 g/mol. The summed E-state index contributed by atoms with van der Waals surface area (Å²) in [6.45, 7) is 2.27. The number of nitrogens with one attached hydrogen (secondary N) is 2. The number of aryl methyl sites for hydroxylation is 1. The molecule has 1 atom stereocenters. The SMILES string of the molecule is Cc1noc(-c2cnc(Nc3ccc4c(c3)CCN(C)C4=O)nc2N[C@H](CO)c2ccccc2)n1. The predicted octanol–water partition coefficient (Wildman–Crippen LogP) is 3.35. The molecule has 4 aromatic rings. The number of amides is 1. The molecule has 10 heteroatoms. The van der Waals surface area contributed by atoms with Crippen molar-refractivity contribution in [1.82, 2.24) is 25.0 Å². The second-order valence-corrected chi connectivity index (χ2v) is 8.37. The molecule has 0 unspecified atom stereocenters. The molecule has 5 rings (SSSR count). The van der Waals surface area contributed by atoms with Gasteiger partial charge in [0, 0.05) is 31.0 Å². The minimum absolute atomic E-state index is 0.0238. The lowest BCUT2D eigenvalue weighted by atomic mass is 9.99. The van der Waals surface area contributed by atoms with Crippen molar-refractivity contribution in [1.29, 1.82) is 0 Å². The van der Waals surface area contributed by atoms with E-state index in [1.807, 2.05) is 48.5 Å². The Morgan fingerprint density at radius 2 is 1.97 bits per heavy atom. The zero-order valence-electron chi connectivity index (χ0n) is 19.4. The molecule has 0 spiro atoms. The van der Waals surface area contributed by atoms with Crippen LogP contribution >= 0.6 is 0 Å². The Morgan fingerprint density at radius 3 is 2.71 bits per heavy atom. The summed E-state index contributed by atoms with van der Waals surface area (Å²) in [5, 5.41) is 20.4. The number of carbonyl (C=O) groups is 1. The van der Waals surface area contributed by atoms with Gasteiger partial charge < -0.3 is 25.2 Å². The van der Waals surface area contributed by atoms with Crippen LogP contribution in [0.4, 0.5) is 17.5 Å². The standard InChI is InChI=1S/C25H25N7O3/c1-15-27-23(35-31-15)20-13-26-25(30-22(20)29-21(14-33)16-6-4-3-5-7-16)28-18-8-9-19-17(12-18)10-11-32(2)24(19)34/h3-9,12-13,21,33H,10-11,14H2,1-2H3,(H2,26,28,29,30)/t21-/m1/s1. The van der Waals surface area contributed by atoms with Crippen LogP contribution in [0.1, 0.15) is 33.4 Å². The summed E-state index contributed by atoms with van der Waals surface area (Å²) < 4.78 is 5.35. The molecule has 1 aliphatic heterocycles. The third kappa shape index (κ3) is 4.69. The van der Waals surface area contributed by atoms with E-state index in [0.29, 0.717) is 35.3 Å². The summed E-state index contributed by atoms with van der Waals surface area (Å²) in [6.07, 6.45) is 2.38. The van der Waals surface area contributed by atoms with E-state index < -0.39 is 6.04 Å². The highest BCUT2D eigenvalue weighted by molar-refractivity contribution is 5.97. The van der Waals surface area contributed by atoms with Crippen molar-refractivity contribution in [3.8, 4) is 11.5 Å². The van der Waals surface area contributed by atoms with Crippen molar-refractivity contribution in [3.05, 3.63) is 77.2 Å². The Bertz CT molecular complexity index is 1360. The fourth-order valence-electron chi connectivity index (χ4n) is 4.01. The number of likely N-dealkylation sites (N-methyl/N-ethyl adjacent to an activating group) is 1. The molecule has 10 nitrogen and oxygen atoms in total. The first-order valence-corrected chi connectivity index (χ1v) is 11.3. The minimum Gasteiger partial charge on any atom is -0.394 e. The minimum atomic E-state index is -0.409. The molecule has 178 valence electrons. The first-order chi connectivity index (χ1) is 17.0. The molecule has 3 N–H and O–H groups in total. The van der Waals surface area contributed by atoms with E-state index in [1.54, 1.807) is 25.1 Å². The van der Waals surface area contributed by atoms with Gasteiger partial charge in [0.25, 0.3) is 11.8 Å². The number of aliphatic hydroxyl groups excluding tert-OH is 1. The molecule has 0 saturated carbocycles. The van der Waals surface area contributed by atoms with Crippen molar-refractivity contribution in [3.63, 3.8) is 0 Å². The van der Waals surface area contributed by atoms with Crippen molar-refractivity contribution in [2.45, 2.75) is 19.4 Å². The van der Waals surface area contributed by atoms with Crippen LogP contribution in [0.15, 0.2) is 59.3 Å². The van der Waals surface area contributed by atoms with Gasteiger partial charge in [0.05, 0.1) is 12.6 Å². The second kappa shape index (κ2) is 9.51. The first kappa shape index (κ1) is 22.5. The predicted molar refractivity (Wildman–Crippen MR) is 130 cm³/mol. The van der Waals surface area contributed by atoms with E-state index in [9.17, 15) is 9.90 Å². The van der Waals surface area contributed by atoms with Crippen LogP contribution in [0.2, 0.25) is 0 Å². The molecule has 35 heavy (non-hydrogen) atoms. The van der Waals surface area contributed by atoms with Crippen LogP contribution in [-0.4, -0.2) is 56.2 Å². The number of hydrogen-bond donors (Lipinski definition) is 3. The van der Waals surface area contributed by atoms with Gasteiger partial charge in [-0.1, -0.05) is 35.5 Å². The van der Waals surface area contributed by atoms with Crippen LogP contribution in [0.25, 0.3) is 11.5 Å². The number of nitrogens with zero attached hydrogens (tertiary/aromatic N) is 5. The molecular formula is C25H25N7O3. The summed E-state index contributed by atoms with van der Waals surface area (Å²) in [5.74, 6) is 1.57. The molecule has 3 heterocycles. The third-order valence-electron chi connectivity index (χ3n) is 5.90. The molecule has 0 radical (unpaired) electrons. The largest absolute Gasteiger partial charge is 0.394 e. The number of anilines is 3. The lowest BCUT2D eigenvalue weighted by Crippen LogP contribution is -2.34. The van der Waals surface area contributed by atoms with E-state index in [0.717, 1.165) is 23.2 Å². The number of hydrogen-bond acceptors (Lipinski definition) is 9. The maximum absolute atomic E-state index is 12.4. The van der Waals surface area contributed by atoms with E-state index in [1.165, 1.54) is 0 Å².